The van der Waals surface area contributed by atoms with Crippen molar-refractivity contribution in [3.05, 3.63) is 24.0 Å². The molecule has 1 aliphatic rings. The zero-order chi connectivity index (χ0) is 15.2. The number of hydrogen-bond donors (Lipinski definition) is 3. The van der Waals surface area contributed by atoms with Crippen LogP contribution < -0.4 is 16.8 Å². The molecule has 1 saturated carbocycles. The first kappa shape index (κ1) is 15.2. The second kappa shape index (κ2) is 6.97. The summed E-state index contributed by atoms with van der Waals surface area (Å²) in [5.74, 6) is -0.262. The van der Waals surface area contributed by atoms with Crippen molar-refractivity contribution >= 4 is 22.8 Å². The molecule has 21 heavy (non-hydrogen) atoms. The standard InChI is InChI=1S/C9H11N5O.C6H12/c1-12-9(15)6-3-13-14-4-5(10)2-7(14)8(6)11;1-2-4-6-5-3-1/h2-4H,10-11H2,1H3,(H,12,15);1-6H2. The van der Waals surface area contributed by atoms with Crippen LogP contribution in [-0.2, 0) is 0 Å². The number of nitrogens with zero attached hydrogens (tertiary/aromatic N) is 2. The molecule has 2 aromatic rings. The maximum Gasteiger partial charge on any atom is 0.254 e. The highest BCUT2D eigenvalue weighted by Gasteiger charge is 2.12. The molecule has 0 spiro atoms. The summed E-state index contributed by atoms with van der Waals surface area (Å²) < 4.78 is 1.54. The molecule has 0 radical (unpaired) electrons. The average Bonchev–Trinajstić information content (AvgIpc) is 2.91. The minimum atomic E-state index is -0.262. The van der Waals surface area contributed by atoms with Crippen LogP contribution in [0.1, 0.15) is 48.9 Å². The fourth-order valence-corrected chi connectivity index (χ4v) is 2.47. The number of nitrogens with one attached hydrogen (secondary N) is 1. The number of rotatable bonds is 1. The molecule has 2 aromatic heterocycles. The van der Waals surface area contributed by atoms with Crippen LogP contribution in [0.2, 0.25) is 0 Å². The van der Waals surface area contributed by atoms with Gasteiger partial charge in [0.15, 0.2) is 0 Å². The largest absolute Gasteiger partial charge is 0.397 e. The molecule has 2 heterocycles. The molecule has 0 aliphatic heterocycles. The lowest BCUT2D eigenvalue weighted by molar-refractivity contribution is 0.0963. The molecular weight excluding hydrogens is 266 g/mol. The number of nitrogen functional groups attached to an aromatic ring is 2. The predicted molar refractivity (Wildman–Crippen MR) is 85.1 cm³/mol. The van der Waals surface area contributed by atoms with Crippen LogP contribution in [0.5, 0.6) is 0 Å². The molecule has 1 aliphatic carbocycles. The summed E-state index contributed by atoms with van der Waals surface area (Å²) in [4.78, 5) is 11.4. The fraction of sp³-hybridized carbons (Fsp3) is 0.467. The van der Waals surface area contributed by atoms with Crippen LogP contribution in [0, 0.1) is 0 Å². The molecule has 0 aromatic carbocycles. The number of nitrogens with two attached hydrogens (primary N) is 2. The lowest BCUT2D eigenvalue weighted by Crippen LogP contribution is -2.20. The van der Waals surface area contributed by atoms with Gasteiger partial charge in [-0.2, -0.15) is 5.10 Å². The lowest BCUT2D eigenvalue weighted by atomic mass is 10.0. The molecule has 0 saturated heterocycles. The highest BCUT2D eigenvalue weighted by Crippen LogP contribution is 2.20. The van der Waals surface area contributed by atoms with E-state index in [4.69, 9.17) is 11.5 Å². The topological polar surface area (TPSA) is 98.4 Å². The Bertz CT molecular complexity index is 604. The van der Waals surface area contributed by atoms with E-state index in [1.54, 1.807) is 19.3 Å². The van der Waals surface area contributed by atoms with Crippen LogP contribution in [0.4, 0.5) is 11.4 Å². The van der Waals surface area contributed by atoms with E-state index in [1.165, 1.54) is 49.2 Å². The summed E-state index contributed by atoms with van der Waals surface area (Å²) in [5, 5.41) is 6.52. The van der Waals surface area contributed by atoms with Crippen molar-refractivity contribution < 1.29 is 4.79 Å². The zero-order valence-electron chi connectivity index (χ0n) is 12.4. The minimum absolute atomic E-state index is 0.262. The summed E-state index contributed by atoms with van der Waals surface area (Å²) >= 11 is 0. The van der Waals surface area contributed by atoms with E-state index < -0.39 is 0 Å². The van der Waals surface area contributed by atoms with Crippen molar-refractivity contribution in [1.82, 2.24) is 14.9 Å². The van der Waals surface area contributed by atoms with Crippen LogP contribution in [0.15, 0.2) is 18.5 Å². The molecule has 0 bridgehead atoms. The number of fused-ring (bicyclic) bond motifs is 1. The second-order valence-electron chi connectivity index (χ2n) is 5.28. The third kappa shape index (κ3) is 3.65. The van der Waals surface area contributed by atoms with Crippen molar-refractivity contribution in [2.24, 2.45) is 0 Å². The molecule has 0 unspecified atom stereocenters. The molecule has 5 N–H and O–H groups in total. The van der Waals surface area contributed by atoms with Gasteiger partial charge in [-0.3, -0.25) is 4.79 Å². The third-order valence-electron chi connectivity index (χ3n) is 3.67. The second-order valence-corrected chi connectivity index (χ2v) is 5.28. The van der Waals surface area contributed by atoms with Gasteiger partial charge in [0.05, 0.1) is 34.8 Å². The third-order valence-corrected chi connectivity index (χ3v) is 3.67. The zero-order valence-corrected chi connectivity index (χ0v) is 12.4. The molecule has 3 rings (SSSR count). The summed E-state index contributed by atoms with van der Waals surface area (Å²) in [7, 11) is 1.54. The SMILES string of the molecule is C1CCCCC1.CNC(=O)c1cnn2cc(N)cc2c1N. The van der Waals surface area contributed by atoms with E-state index in [2.05, 4.69) is 10.4 Å². The van der Waals surface area contributed by atoms with Gasteiger partial charge in [-0.25, -0.2) is 4.52 Å². The first-order valence-electron chi connectivity index (χ1n) is 7.38. The van der Waals surface area contributed by atoms with Crippen molar-refractivity contribution in [3.63, 3.8) is 0 Å². The highest BCUT2D eigenvalue weighted by atomic mass is 16.1. The van der Waals surface area contributed by atoms with E-state index in [0.29, 0.717) is 22.5 Å². The van der Waals surface area contributed by atoms with Gasteiger partial charge in [-0.1, -0.05) is 38.5 Å². The Morgan fingerprint density at radius 3 is 2.29 bits per heavy atom. The quantitative estimate of drug-likeness (QED) is 0.749. The van der Waals surface area contributed by atoms with Gasteiger partial charge in [0.1, 0.15) is 0 Å². The Balaban J connectivity index is 0.000000225. The molecule has 6 heteroatoms. The number of aromatic nitrogens is 2. The first-order chi connectivity index (χ1) is 10.1. The number of carbonyl (C=O) groups excluding carboxylic acids is 1. The highest BCUT2D eigenvalue weighted by molar-refractivity contribution is 6.02. The number of carbonyl (C=O) groups is 1. The Hall–Kier alpha value is -2.24. The van der Waals surface area contributed by atoms with Crippen molar-refractivity contribution in [2.75, 3.05) is 18.5 Å². The van der Waals surface area contributed by atoms with Gasteiger partial charge in [0.2, 0.25) is 0 Å². The van der Waals surface area contributed by atoms with Crippen LogP contribution in [0.3, 0.4) is 0 Å². The van der Waals surface area contributed by atoms with E-state index in [1.807, 2.05) is 0 Å². The van der Waals surface area contributed by atoms with Gasteiger partial charge in [0, 0.05) is 7.05 Å². The first-order valence-corrected chi connectivity index (χ1v) is 7.38. The maximum absolute atomic E-state index is 11.4. The smallest absolute Gasteiger partial charge is 0.254 e. The predicted octanol–water partition coefficient (Wildman–Crippen LogP) is 2.20. The van der Waals surface area contributed by atoms with Crippen molar-refractivity contribution in [1.29, 1.82) is 0 Å². The minimum Gasteiger partial charge on any atom is -0.397 e. The number of hydrogen-bond acceptors (Lipinski definition) is 4. The van der Waals surface area contributed by atoms with Crippen LogP contribution in [-0.4, -0.2) is 22.6 Å². The fourth-order valence-electron chi connectivity index (χ4n) is 2.47. The van der Waals surface area contributed by atoms with Gasteiger partial charge >= 0.3 is 0 Å². The van der Waals surface area contributed by atoms with Gasteiger partial charge < -0.3 is 16.8 Å². The van der Waals surface area contributed by atoms with Crippen LogP contribution >= 0.6 is 0 Å². The number of amides is 1. The summed E-state index contributed by atoms with van der Waals surface area (Å²) in [6.45, 7) is 0. The lowest BCUT2D eigenvalue weighted by Gasteiger charge is -2.05. The Morgan fingerprint density at radius 2 is 1.76 bits per heavy atom. The van der Waals surface area contributed by atoms with Gasteiger partial charge in [-0.05, 0) is 6.07 Å². The number of anilines is 2. The van der Waals surface area contributed by atoms with Crippen molar-refractivity contribution in [3.8, 4) is 0 Å². The normalized spacial score (nSPS) is 14.3. The molecule has 6 nitrogen and oxygen atoms in total. The summed E-state index contributed by atoms with van der Waals surface area (Å²) in [6.07, 6.45) is 12.1. The van der Waals surface area contributed by atoms with E-state index in [9.17, 15) is 4.79 Å². The van der Waals surface area contributed by atoms with Crippen molar-refractivity contribution in [2.45, 2.75) is 38.5 Å². The monoisotopic (exact) mass is 289 g/mol. The Kier molecular flexibility index (Phi) is 5.03. The summed E-state index contributed by atoms with van der Waals surface area (Å²) in [6, 6.07) is 1.68. The molecule has 114 valence electrons. The molecular formula is C15H23N5O. The average molecular weight is 289 g/mol. The van der Waals surface area contributed by atoms with Gasteiger partial charge in [0.25, 0.3) is 5.91 Å². The van der Waals surface area contributed by atoms with Crippen LogP contribution in [0.25, 0.3) is 5.52 Å². The van der Waals surface area contributed by atoms with E-state index in [-0.39, 0.29) is 5.91 Å². The Labute approximate surface area is 124 Å². The maximum atomic E-state index is 11.4. The van der Waals surface area contributed by atoms with Gasteiger partial charge in [-0.15, -0.1) is 0 Å². The summed E-state index contributed by atoms with van der Waals surface area (Å²) in [5.41, 5.74) is 13.4. The molecule has 1 amide bonds. The Morgan fingerprint density at radius 1 is 1.19 bits per heavy atom. The molecule has 1 fully saturated rings. The van der Waals surface area contributed by atoms with E-state index >= 15 is 0 Å². The molecule has 0 atom stereocenters. The van der Waals surface area contributed by atoms with E-state index in [0.717, 1.165) is 0 Å².